The molecule has 5 aromatic rings. The normalized spacial score (nSPS) is 11.3. The van der Waals surface area contributed by atoms with Gasteiger partial charge in [-0.05, 0) is 24.3 Å². The minimum atomic E-state index is 0.559. The van der Waals surface area contributed by atoms with Crippen molar-refractivity contribution in [2.45, 2.75) is 13.0 Å². The number of aromatic amines is 1. The molecule has 7 heteroatoms. The SMILES string of the molecule is c1coc(-c2ncc(-c3nccn3CCc3nc4ccccc4[nH]3)cn2)c1. The quantitative estimate of drug-likeness (QED) is 0.519. The highest BCUT2D eigenvalue weighted by molar-refractivity contribution is 5.74. The molecule has 1 aromatic carbocycles. The lowest BCUT2D eigenvalue weighted by molar-refractivity contribution is 0.577. The summed E-state index contributed by atoms with van der Waals surface area (Å²) in [6, 6.07) is 11.7. The predicted octanol–water partition coefficient (Wildman–Crippen LogP) is 3.72. The van der Waals surface area contributed by atoms with E-state index in [-0.39, 0.29) is 0 Å². The first kappa shape index (κ1) is 15.5. The third kappa shape index (κ3) is 2.99. The second-order valence-corrected chi connectivity index (χ2v) is 6.17. The number of hydrogen-bond donors (Lipinski definition) is 1. The summed E-state index contributed by atoms with van der Waals surface area (Å²) in [6.45, 7) is 0.759. The first-order valence-electron chi connectivity index (χ1n) is 8.68. The van der Waals surface area contributed by atoms with Crippen molar-refractivity contribution in [1.82, 2.24) is 29.5 Å². The Morgan fingerprint density at radius 1 is 1.00 bits per heavy atom. The zero-order chi connectivity index (χ0) is 18.1. The average molecular weight is 356 g/mol. The van der Waals surface area contributed by atoms with Gasteiger partial charge in [0, 0.05) is 37.8 Å². The Morgan fingerprint density at radius 3 is 2.70 bits per heavy atom. The number of nitrogens with zero attached hydrogens (tertiary/aromatic N) is 5. The first-order valence-corrected chi connectivity index (χ1v) is 8.68. The lowest BCUT2D eigenvalue weighted by atomic mass is 10.3. The van der Waals surface area contributed by atoms with Gasteiger partial charge in [-0.3, -0.25) is 0 Å². The van der Waals surface area contributed by atoms with Gasteiger partial charge in [-0.25, -0.2) is 19.9 Å². The maximum atomic E-state index is 5.33. The molecule has 0 fully saturated rings. The van der Waals surface area contributed by atoms with Crippen LogP contribution in [0.1, 0.15) is 5.82 Å². The van der Waals surface area contributed by atoms with E-state index in [0.29, 0.717) is 11.6 Å². The molecule has 0 atom stereocenters. The van der Waals surface area contributed by atoms with Crippen LogP contribution >= 0.6 is 0 Å². The molecule has 4 heterocycles. The summed E-state index contributed by atoms with van der Waals surface area (Å²) in [5.74, 6) is 3.00. The number of imidazole rings is 2. The summed E-state index contributed by atoms with van der Waals surface area (Å²) < 4.78 is 7.41. The standard InChI is InChI=1S/C20H16N6O/c1-2-5-16-15(4-1)24-18(25-16)7-9-26-10-8-21-20(26)14-12-22-19(23-13-14)17-6-3-11-27-17/h1-6,8,10-13H,7,9H2,(H,24,25). The van der Waals surface area contributed by atoms with Crippen LogP contribution in [0, 0.1) is 0 Å². The van der Waals surface area contributed by atoms with Crippen LogP contribution in [0.4, 0.5) is 0 Å². The molecule has 0 bridgehead atoms. The highest BCUT2D eigenvalue weighted by Gasteiger charge is 2.10. The summed E-state index contributed by atoms with van der Waals surface area (Å²) in [4.78, 5) is 21.2. The van der Waals surface area contributed by atoms with E-state index in [4.69, 9.17) is 4.42 Å². The third-order valence-electron chi connectivity index (χ3n) is 4.40. The van der Waals surface area contributed by atoms with Gasteiger partial charge < -0.3 is 14.0 Å². The molecule has 0 saturated heterocycles. The van der Waals surface area contributed by atoms with E-state index in [1.807, 2.05) is 42.6 Å². The maximum absolute atomic E-state index is 5.33. The van der Waals surface area contributed by atoms with Gasteiger partial charge in [0.15, 0.2) is 11.6 Å². The number of H-pyrrole nitrogens is 1. The average Bonchev–Trinajstić information content (AvgIpc) is 3.46. The van der Waals surface area contributed by atoms with Crippen LogP contribution in [0.15, 0.2) is 71.9 Å². The van der Waals surface area contributed by atoms with Crippen LogP contribution in [-0.2, 0) is 13.0 Å². The van der Waals surface area contributed by atoms with Crippen molar-refractivity contribution in [1.29, 1.82) is 0 Å². The number of fused-ring (bicyclic) bond motifs is 1. The van der Waals surface area contributed by atoms with E-state index < -0.39 is 0 Å². The number of furan rings is 1. The van der Waals surface area contributed by atoms with Gasteiger partial charge in [-0.1, -0.05) is 12.1 Å². The van der Waals surface area contributed by atoms with Crippen LogP contribution in [-0.4, -0.2) is 29.5 Å². The molecule has 0 aliphatic heterocycles. The van der Waals surface area contributed by atoms with Crippen molar-refractivity contribution in [3.8, 4) is 23.0 Å². The number of para-hydroxylation sites is 2. The molecule has 0 aliphatic carbocycles. The zero-order valence-corrected chi connectivity index (χ0v) is 14.4. The Balaban J connectivity index is 1.36. The minimum Gasteiger partial charge on any atom is -0.461 e. The van der Waals surface area contributed by atoms with E-state index in [9.17, 15) is 0 Å². The number of aryl methyl sites for hydroxylation is 2. The fraction of sp³-hybridized carbons (Fsp3) is 0.100. The van der Waals surface area contributed by atoms with Gasteiger partial charge in [0.2, 0.25) is 0 Å². The molecule has 27 heavy (non-hydrogen) atoms. The van der Waals surface area contributed by atoms with E-state index in [1.54, 1.807) is 24.9 Å². The Morgan fingerprint density at radius 2 is 1.89 bits per heavy atom. The van der Waals surface area contributed by atoms with Gasteiger partial charge in [-0.15, -0.1) is 0 Å². The van der Waals surface area contributed by atoms with Crippen molar-refractivity contribution in [3.63, 3.8) is 0 Å². The molecule has 0 amide bonds. The van der Waals surface area contributed by atoms with Crippen molar-refractivity contribution in [2.75, 3.05) is 0 Å². The predicted molar refractivity (Wildman–Crippen MR) is 101 cm³/mol. The first-order chi connectivity index (χ1) is 13.4. The second-order valence-electron chi connectivity index (χ2n) is 6.17. The van der Waals surface area contributed by atoms with Gasteiger partial charge in [0.1, 0.15) is 11.6 Å². The number of nitrogens with one attached hydrogen (secondary N) is 1. The Kier molecular flexibility index (Phi) is 3.75. The van der Waals surface area contributed by atoms with Crippen molar-refractivity contribution in [2.24, 2.45) is 0 Å². The van der Waals surface area contributed by atoms with Crippen LogP contribution in [0.5, 0.6) is 0 Å². The number of aromatic nitrogens is 6. The van der Waals surface area contributed by atoms with Gasteiger partial charge >= 0.3 is 0 Å². The molecule has 4 aromatic heterocycles. The number of benzene rings is 1. The molecule has 0 spiro atoms. The molecule has 0 aliphatic rings. The van der Waals surface area contributed by atoms with Crippen LogP contribution in [0.3, 0.4) is 0 Å². The molecule has 0 saturated carbocycles. The zero-order valence-electron chi connectivity index (χ0n) is 14.4. The lowest BCUT2D eigenvalue weighted by Gasteiger charge is -2.06. The van der Waals surface area contributed by atoms with Crippen LogP contribution in [0.25, 0.3) is 34.0 Å². The maximum Gasteiger partial charge on any atom is 0.195 e. The summed E-state index contributed by atoms with van der Waals surface area (Å²) in [7, 11) is 0. The molecular formula is C20H16N6O. The fourth-order valence-corrected chi connectivity index (χ4v) is 3.08. The smallest absolute Gasteiger partial charge is 0.195 e. The summed E-state index contributed by atoms with van der Waals surface area (Å²) >= 11 is 0. The van der Waals surface area contributed by atoms with Gasteiger partial charge in [-0.2, -0.15) is 0 Å². The largest absolute Gasteiger partial charge is 0.461 e. The molecule has 132 valence electrons. The van der Waals surface area contributed by atoms with Crippen molar-refractivity contribution >= 4 is 11.0 Å². The third-order valence-corrected chi connectivity index (χ3v) is 4.40. The highest BCUT2D eigenvalue weighted by Crippen LogP contribution is 2.20. The molecule has 0 unspecified atom stereocenters. The van der Waals surface area contributed by atoms with E-state index in [1.165, 1.54) is 0 Å². The Labute approximate surface area is 154 Å². The van der Waals surface area contributed by atoms with Gasteiger partial charge in [0.25, 0.3) is 0 Å². The summed E-state index contributed by atoms with van der Waals surface area (Å²) in [5, 5.41) is 0. The lowest BCUT2D eigenvalue weighted by Crippen LogP contribution is -2.04. The second kappa shape index (κ2) is 6.53. The minimum absolute atomic E-state index is 0.559. The summed E-state index contributed by atoms with van der Waals surface area (Å²) in [5.41, 5.74) is 2.90. The van der Waals surface area contributed by atoms with Crippen molar-refractivity contribution in [3.05, 3.63) is 73.3 Å². The molecule has 1 N–H and O–H groups in total. The van der Waals surface area contributed by atoms with E-state index in [2.05, 4.69) is 29.5 Å². The van der Waals surface area contributed by atoms with Gasteiger partial charge in [0.05, 0.1) is 22.9 Å². The van der Waals surface area contributed by atoms with Crippen molar-refractivity contribution < 1.29 is 4.42 Å². The number of hydrogen-bond acceptors (Lipinski definition) is 5. The fourth-order valence-electron chi connectivity index (χ4n) is 3.08. The van der Waals surface area contributed by atoms with Crippen LogP contribution in [0.2, 0.25) is 0 Å². The molecule has 0 radical (unpaired) electrons. The van der Waals surface area contributed by atoms with Crippen LogP contribution < -0.4 is 0 Å². The topological polar surface area (TPSA) is 85.4 Å². The summed E-state index contributed by atoms with van der Waals surface area (Å²) in [6.07, 6.45) is 9.67. The molecule has 7 nitrogen and oxygen atoms in total. The monoisotopic (exact) mass is 356 g/mol. The molecule has 5 rings (SSSR count). The van der Waals surface area contributed by atoms with E-state index >= 15 is 0 Å². The van der Waals surface area contributed by atoms with E-state index in [0.717, 1.165) is 41.2 Å². The highest BCUT2D eigenvalue weighted by atomic mass is 16.3. The Bertz CT molecular complexity index is 1140. The Hall–Kier alpha value is -3.74. The number of rotatable bonds is 5. The molecular weight excluding hydrogens is 340 g/mol.